The predicted molar refractivity (Wildman–Crippen MR) is 149 cm³/mol. The van der Waals surface area contributed by atoms with Crippen molar-refractivity contribution < 1.29 is 19.7 Å². The summed E-state index contributed by atoms with van der Waals surface area (Å²) < 4.78 is 5.51. The Bertz CT molecular complexity index is 1490. The van der Waals surface area contributed by atoms with Crippen molar-refractivity contribution in [1.29, 1.82) is 0 Å². The number of anilines is 2. The number of hydrogen-bond acceptors (Lipinski definition) is 8. The lowest BCUT2D eigenvalue weighted by atomic mass is 10.0. The van der Waals surface area contributed by atoms with Crippen molar-refractivity contribution >= 4 is 40.0 Å². The molecule has 0 atom stereocenters. The molecule has 2 aliphatic rings. The molecule has 1 saturated heterocycles. The van der Waals surface area contributed by atoms with Gasteiger partial charge in [0, 0.05) is 55.4 Å². The van der Waals surface area contributed by atoms with Crippen LogP contribution in [0.3, 0.4) is 0 Å². The first-order chi connectivity index (χ1) is 19.1. The van der Waals surface area contributed by atoms with E-state index in [-0.39, 0.29) is 18.0 Å². The van der Waals surface area contributed by atoms with Crippen molar-refractivity contribution in [3.8, 4) is 5.75 Å². The molecule has 3 aromatic carbocycles. The van der Waals surface area contributed by atoms with Gasteiger partial charge in [-0.05, 0) is 35.0 Å². The fraction of sp³-hybridized carbons (Fsp3) is 0.276. The first-order valence-electron chi connectivity index (χ1n) is 12.9. The van der Waals surface area contributed by atoms with Crippen molar-refractivity contribution in [2.45, 2.75) is 19.6 Å². The van der Waals surface area contributed by atoms with Crippen LogP contribution in [-0.2, 0) is 24.3 Å². The number of fused-ring (bicyclic) bond motifs is 2. The summed E-state index contributed by atoms with van der Waals surface area (Å²) in [6.45, 7) is 3.89. The van der Waals surface area contributed by atoms with Crippen LogP contribution >= 0.6 is 11.6 Å². The van der Waals surface area contributed by atoms with E-state index in [1.807, 2.05) is 60.7 Å². The lowest BCUT2D eigenvalue weighted by Gasteiger charge is -2.37. The van der Waals surface area contributed by atoms with Crippen LogP contribution in [0.15, 0.2) is 66.7 Å². The molecule has 0 spiro atoms. The maximum Gasteiger partial charge on any atom is 0.410 e. The summed E-state index contributed by atoms with van der Waals surface area (Å²) in [5.74, 6) is 1.22. The molecule has 0 saturated carbocycles. The second-order valence-corrected chi connectivity index (χ2v) is 10.0. The molecule has 0 radical (unpaired) electrons. The minimum Gasteiger partial charge on any atom is -0.445 e. The number of hydrogen-bond donors (Lipinski definition) is 1. The van der Waals surface area contributed by atoms with Crippen molar-refractivity contribution in [3.63, 3.8) is 0 Å². The molecule has 1 N–H and O–H groups in total. The van der Waals surface area contributed by atoms with Crippen LogP contribution in [0.25, 0.3) is 10.8 Å². The molecule has 0 bridgehead atoms. The molecule has 6 rings (SSSR count). The van der Waals surface area contributed by atoms with Crippen LogP contribution in [0, 0.1) is 0 Å². The molecule has 0 aliphatic carbocycles. The molecule has 3 heterocycles. The van der Waals surface area contributed by atoms with Gasteiger partial charge in [-0.2, -0.15) is 0 Å². The quantitative estimate of drug-likeness (QED) is 0.209. The smallest absolute Gasteiger partial charge is 0.410 e. The van der Waals surface area contributed by atoms with Gasteiger partial charge in [0.2, 0.25) is 5.28 Å². The molecule has 0 unspecified atom stereocenters. The molecule has 9 nitrogen and oxygen atoms in total. The molecule has 2 aliphatic heterocycles. The second kappa shape index (κ2) is 11.0. The van der Waals surface area contributed by atoms with Gasteiger partial charge in [-0.15, -0.1) is 0 Å². The first-order valence-corrected chi connectivity index (χ1v) is 13.3. The maximum absolute atomic E-state index is 12.6. The molecule has 4 aromatic rings. The highest BCUT2D eigenvalue weighted by molar-refractivity contribution is 6.28. The SMILES string of the molecule is O=C(OCc1ccccc1)N1CCN(c2nc(Cl)nc3c2CCN(c2cc(OO)cc4ccccc24)C3)CC1. The number of halogens is 1. The molecule has 1 aromatic heterocycles. The van der Waals surface area contributed by atoms with E-state index in [0.717, 1.165) is 52.1 Å². The van der Waals surface area contributed by atoms with Crippen LogP contribution in [-0.4, -0.2) is 58.9 Å². The van der Waals surface area contributed by atoms with Gasteiger partial charge in [0.05, 0.1) is 12.2 Å². The fourth-order valence-electron chi connectivity index (χ4n) is 5.34. The lowest BCUT2D eigenvalue weighted by molar-refractivity contribution is -0.137. The lowest BCUT2D eigenvalue weighted by Crippen LogP contribution is -2.49. The number of rotatable bonds is 5. The van der Waals surface area contributed by atoms with Gasteiger partial charge in [-0.3, -0.25) is 0 Å². The summed E-state index contributed by atoms with van der Waals surface area (Å²) in [6, 6.07) is 21.3. The number of carbonyl (C=O) groups excluding carboxylic acids is 1. The van der Waals surface area contributed by atoms with Gasteiger partial charge < -0.3 is 24.3 Å². The minimum absolute atomic E-state index is 0.201. The number of piperazine rings is 1. The summed E-state index contributed by atoms with van der Waals surface area (Å²) in [7, 11) is 0. The Labute approximate surface area is 231 Å². The van der Waals surface area contributed by atoms with Crippen molar-refractivity contribution in [2.75, 3.05) is 42.5 Å². The monoisotopic (exact) mass is 545 g/mol. The summed E-state index contributed by atoms with van der Waals surface area (Å²) in [5.41, 5.74) is 3.88. The highest BCUT2D eigenvalue weighted by Crippen LogP contribution is 2.36. The fourth-order valence-corrected chi connectivity index (χ4v) is 5.52. The van der Waals surface area contributed by atoms with E-state index in [9.17, 15) is 10.1 Å². The van der Waals surface area contributed by atoms with Gasteiger partial charge in [-0.1, -0.05) is 54.6 Å². The van der Waals surface area contributed by atoms with E-state index in [4.69, 9.17) is 16.3 Å². The Balaban J connectivity index is 1.17. The maximum atomic E-state index is 12.6. The molecular weight excluding hydrogens is 518 g/mol. The Morgan fingerprint density at radius 2 is 1.69 bits per heavy atom. The van der Waals surface area contributed by atoms with E-state index in [2.05, 4.69) is 30.7 Å². The van der Waals surface area contributed by atoms with Gasteiger partial charge >= 0.3 is 6.09 Å². The molecule has 200 valence electrons. The van der Waals surface area contributed by atoms with Crippen molar-refractivity contribution in [2.24, 2.45) is 0 Å². The average Bonchev–Trinajstić information content (AvgIpc) is 2.99. The number of nitrogens with zero attached hydrogens (tertiary/aromatic N) is 5. The number of benzene rings is 3. The molecule has 1 fully saturated rings. The molecule has 39 heavy (non-hydrogen) atoms. The van der Waals surface area contributed by atoms with Crippen LogP contribution < -0.4 is 14.7 Å². The third-order valence-corrected chi connectivity index (χ3v) is 7.49. The Kier molecular flexibility index (Phi) is 7.08. The summed E-state index contributed by atoms with van der Waals surface area (Å²) in [4.78, 5) is 32.5. The Morgan fingerprint density at radius 3 is 2.49 bits per heavy atom. The molecular formula is C29H28ClN5O4. The number of amides is 1. The van der Waals surface area contributed by atoms with Gasteiger partial charge in [0.15, 0.2) is 5.75 Å². The number of aromatic nitrogens is 2. The van der Waals surface area contributed by atoms with E-state index in [1.165, 1.54) is 0 Å². The zero-order valence-electron chi connectivity index (χ0n) is 21.3. The molecule has 1 amide bonds. The zero-order valence-corrected chi connectivity index (χ0v) is 22.0. The van der Waals surface area contributed by atoms with E-state index >= 15 is 0 Å². The third-order valence-electron chi connectivity index (χ3n) is 7.32. The highest BCUT2D eigenvalue weighted by Gasteiger charge is 2.29. The van der Waals surface area contributed by atoms with Crippen LogP contribution in [0.1, 0.15) is 16.8 Å². The first kappa shape index (κ1) is 25.2. The van der Waals surface area contributed by atoms with Gasteiger partial charge in [-0.25, -0.2) is 20.0 Å². The summed E-state index contributed by atoms with van der Waals surface area (Å²) >= 11 is 6.41. The number of carbonyl (C=O) groups is 1. The summed E-state index contributed by atoms with van der Waals surface area (Å²) in [6.07, 6.45) is 0.429. The minimum atomic E-state index is -0.307. The largest absolute Gasteiger partial charge is 0.445 e. The zero-order chi connectivity index (χ0) is 26.8. The highest BCUT2D eigenvalue weighted by atomic mass is 35.5. The van der Waals surface area contributed by atoms with E-state index in [0.29, 0.717) is 38.5 Å². The van der Waals surface area contributed by atoms with E-state index < -0.39 is 0 Å². The average molecular weight is 546 g/mol. The number of ether oxygens (including phenoxy) is 1. The van der Waals surface area contributed by atoms with Gasteiger partial charge in [0.1, 0.15) is 12.4 Å². The predicted octanol–water partition coefficient (Wildman–Crippen LogP) is 5.16. The summed E-state index contributed by atoms with van der Waals surface area (Å²) in [5, 5.41) is 11.6. The second-order valence-electron chi connectivity index (χ2n) is 9.68. The topological polar surface area (TPSA) is 91.3 Å². The van der Waals surface area contributed by atoms with Crippen LogP contribution in [0.5, 0.6) is 5.75 Å². The van der Waals surface area contributed by atoms with E-state index in [1.54, 1.807) is 4.90 Å². The Hall–Kier alpha value is -4.08. The third kappa shape index (κ3) is 5.28. The van der Waals surface area contributed by atoms with Crippen LogP contribution in [0.2, 0.25) is 5.28 Å². The Morgan fingerprint density at radius 1 is 0.923 bits per heavy atom. The van der Waals surface area contributed by atoms with Gasteiger partial charge in [0.25, 0.3) is 0 Å². The standard InChI is InChI=1S/C29H28ClN5O4/c30-28-31-25-18-35(26-17-22(39-37)16-21-8-4-5-9-23(21)26)11-10-24(25)27(32-28)33-12-14-34(15-13-33)29(36)38-19-20-6-2-1-3-7-20/h1-9,16-17,37H,10-15,18-19H2. The van der Waals surface area contributed by atoms with Crippen molar-refractivity contribution in [1.82, 2.24) is 14.9 Å². The van der Waals surface area contributed by atoms with Crippen LogP contribution in [0.4, 0.5) is 16.3 Å². The molecule has 10 heteroatoms. The van der Waals surface area contributed by atoms with Crippen molar-refractivity contribution in [3.05, 3.63) is 88.8 Å². The normalized spacial score (nSPS) is 15.3.